The van der Waals surface area contributed by atoms with Crippen LogP contribution in [0, 0.1) is 17.7 Å². The number of carbonyl (C=O) groups excluding carboxylic acids is 2. The number of benzene rings is 2. The minimum Gasteiger partial charge on any atom is -0.497 e. The topological polar surface area (TPSA) is 83.6 Å². The Labute approximate surface area is 204 Å². The van der Waals surface area contributed by atoms with Crippen molar-refractivity contribution in [2.24, 2.45) is 11.8 Å². The molecule has 3 aromatic rings. The first-order chi connectivity index (χ1) is 17.0. The number of rotatable bonds is 8. The van der Waals surface area contributed by atoms with Crippen molar-refractivity contribution in [3.05, 3.63) is 90.0 Å². The fraction of sp³-hybridized carbons (Fsp3) is 0.296. The summed E-state index contributed by atoms with van der Waals surface area (Å²) in [6.07, 6.45) is 3.91. The third kappa shape index (κ3) is 6.86. The molecule has 7 nitrogen and oxygen atoms in total. The van der Waals surface area contributed by atoms with E-state index in [1.165, 1.54) is 24.3 Å². The van der Waals surface area contributed by atoms with Crippen LogP contribution in [-0.4, -0.2) is 41.9 Å². The van der Waals surface area contributed by atoms with Gasteiger partial charge in [0.05, 0.1) is 18.9 Å². The Balaban J connectivity index is 1.43. The van der Waals surface area contributed by atoms with Crippen molar-refractivity contribution in [1.82, 2.24) is 15.2 Å². The highest BCUT2D eigenvalue weighted by atomic mass is 19.1. The van der Waals surface area contributed by atoms with Crippen molar-refractivity contribution < 1.29 is 18.7 Å². The van der Waals surface area contributed by atoms with Crippen LogP contribution in [-0.2, 0) is 22.7 Å². The first kappa shape index (κ1) is 24.3. The lowest BCUT2D eigenvalue weighted by atomic mass is 9.87. The number of carbonyl (C=O) groups is 2. The Morgan fingerprint density at radius 1 is 0.943 bits per heavy atom. The van der Waals surface area contributed by atoms with Crippen molar-refractivity contribution in [2.75, 3.05) is 25.5 Å². The fourth-order valence-electron chi connectivity index (χ4n) is 4.30. The van der Waals surface area contributed by atoms with E-state index >= 15 is 0 Å². The van der Waals surface area contributed by atoms with Crippen molar-refractivity contribution >= 4 is 17.5 Å². The Morgan fingerprint density at radius 3 is 2.26 bits per heavy atom. The number of ether oxygens (including phenoxy) is 1. The number of halogens is 1. The van der Waals surface area contributed by atoms with Crippen LogP contribution >= 0.6 is 0 Å². The average Bonchev–Trinajstić information content (AvgIpc) is 2.89. The molecular weight excluding hydrogens is 447 g/mol. The minimum atomic E-state index is -0.382. The fourth-order valence-corrected chi connectivity index (χ4v) is 4.30. The van der Waals surface area contributed by atoms with E-state index in [2.05, 4.69) is 20.5 Å². The molecule has 4 rings (SSSR count). The highest BCUT2D eigenvalue weighted by molar-refractivity contribution is 5.93. The molecule has 2 aromatic carbocycles. The molecule has 182 valence electrons. The van der Waals surface area contributed by atoms with Gasteiger partial charge in [-0.15, -0.1) is 0 Å². The zero-order valence-corrected chi connectivity index (χ0v) is 19.6. The second-order valence-electron chi connectivity index (χ2n) is 8.74. The predicted octanol–water partition coefficient (Wildman–Crippen LogP) is 3.62. The normalized spacial score (nSPS) is 18.0. The lowest BCUT2D eigenvalue weighted by Crippen LogP contribution is -2.48. The van der Waals surface area contributed by atoms with E-state index in [1.54, 1.807) is 19.5 Å². The Bertz CT molecular complexity index is 1120. The van der Waals surface area contributed by atoms with Crippen LogP contribution in [0.1, 0.15) is 17.5 Å². The molecule has 0 spiro atoms. The minimum absolute atomic E-state index is 0.0835. The van der Waals surface area contributed by atoms with Crippen LogP contribution in [0.4, 0.5) is 10.1 Å². The molecular formula is C27H29FN4O3. The molecule has 0 aliphatic carbocycles. The Hall–Kier alpha value is -3.78. The number of hydrogen-bond donors (Lipinski definition) is 2. The number of likely N-dealkylation sites (tertiary alicyclic amines) is 1. The average molecular weight is 477 g/mol. The van der Waals surface area contributed by atoms with Crippen LogP contribution in [0.3, 0.4) is 0 Å². The maximum Gasteiger partial charge on any atom is 0.228 e. The van der Waals surface area contributed by atoms with E-state index in [0.29, 0.717) is 38.3 Å². The van der Waals surface area contributed by atoms with Gasteiger partial charge in [0.2, 0.25) is 11.8 Å². The van der Waals surface area contributed by atoms with Gasteiger partial charge >= 0.3 is 0 Å². The standard InChI is InChI=1S/C27H29FN4O3/c1-35-25-8-2-19(3-9-25)15-30-26(33)21-14-22(27(34)31-24-6-4-23(28)5-7-24)18-32(17-21)16-20-10-12-29-13-11-20/h2-13,21-22H,14-18H2,1H3,(H,30,33)(H,31,34)/t21-,22+/m0/s1. The quantitative estimate of drug-likeness (QED) is 0.519. The maximum absolute atomic E-state index is 13.2. The lowest BCUT2D eigenvalue weighted by molar-refractivity contribution is -0.130. The lowest BCUT2D eigenvalue weighted by Gasteiger charge is -2.36. The molecule has 1 fully saturated rings. The zero-order chi connectivity index (χ0) is 24.6. The summed E-state index contributed by atoms with van der Waals surface area (Å²) in [5, 5.41) is 5.88. The van der Waals surface area contributed by atoms with Crippen LogP contribution in [0.25, 0.3) is 0 Å². The molecule has 0 unspecified atom stereocenters. The van der Waals surface area contributed by atoms with Crippen molar-refractivity contribution in [2.45, 2.75) is 19.5 Å². The third-order valence-corrected chi connectivity index (χ3v) is 6.16. The molecule has 35 heavy (non-hydrogen) atoms. The van der Waals surface area contributed by atoms with Gasteiger partial charge in [0.1, 0.15) is 11.6 Å². The van der Waals surface area contributed by atoms with E-state index in [0.717, 1.165) is 16.9 Å². The molecule has 1 aliphatic heterocycles. The molecule has 8 heteroatoms. The van der Waals surface area contributed by atoms with Gasteiger partial charge in [-0.1, -0.05) is 12.1 Å². The van der Waals surface area contributed by atoms with Gasteiger partial charge < -0.3 is 15.4 Å². The number of anilines is 1. The van der Waals surface area contributed by atoms with Crippen molar-refractivity contribution in [3.63, 3.8) is 0 Å². The molecule has 2 atom stereocenters. The van der Waals surface area contributed by atoms with Gasteiger partial charge in [-0.25, -0.2) is 4.39 Å². The molecule has 1 aliphatic rings. The van der Waals surface area contributed by atoms with Gasteiger partial charge in [0.15, 0.2) is 0 Å². The van der Waals surface area contributed by atoms with Gasteiger partial charge in [0, 0.05) is 44.3 Å². The summed E-state index contributed by atoms with van der Waals surface area (Å²) >= 11 is 0. The van der Waals surface area contributed by atoms with Crippen LogP contribution in [0.15, 0.2) is 73.1 Å². The number of nitrogens with one attached hydrogen (secondary N) is 2. The largest absolute Gasteiger partial charge is 0.497 e. The predicted molar refractivity (Wildman–Crippen MR) is 131 cm³/mol. The number of pyridine rings is 1. The summed E-state index contributed by atoms with van der Waals surface area (Å²) in [7, 11) is 1.61. The van der Waals surface area contributed by atoms with E-state index < -0.39 is 0 Å². The second-order valence-corrected chi connectivity index (χ2v) is 8.74. The van der Waals surface area contributed by atoms with Crippen molar-refractivity contribution in [1.29, 1.82) is 0 Å². The molecule has 1 saturated heterocycles. The number of piperidine rings is 1. The molecule has 0 radical (unpaired) electrons. The SMILES string of the molecule is COc1ccc(CNC(=O)[C@H]2C[C@@H](C(=O)Nc3ccc(F)cc3)CN(Cc3ccncc3)C2)cc1. The van der Waals surface area contributed by atoms with Crippen molar-refractivity contribution in [3.8, 4) is 5.75 Å². The van der Waals surface area contributed by atoms with E-state index in [-0.39, 0.29) is 29.5 Å². The summed E-state index contributed by atoms with van der Waals surface area (Å²) < 4.78 is 18.4. The highest BCUT2D eigenvalue weighted by Gasteiger charge is 2.35. The van der Waals surface area contributed by atoms with Crippen LogP contribution < -0.4 is 15.4 Å². The van der Waals surface area contributed by atoms with E-state index in [4.69, 9.17) is 4.74 Å². The van der Waals surface area contributed by atoms with Gasteiger partial charge in [-0.05, 0) is 66.1 Å². The summed E-state index contributed by atoms with van der Waals surface area (Å²) in [4.78, 5) is 32.4. The molecule has 2 heterocycles. The molecule has 0 bridgehead atoms. The van der Waals surface area contributed by atoms with Gasteiger partial charge in [0.25, 0.3) is 0 Å². The third-order valence-electron chi connectivity index (χ3n) is 6.16. The van der Waals surface area contributed by atoms with E-state index in [9.17, 15) is 14.0 Å². The first-order valence-electron chi connectivity index (χ1n) is 11.6. The second kappa shape index (κ2) is 11.6. The number of methoxy groups -OCH3 is 1. The monoisotopic (exact) mass is 476 g/mol. The summed E-state index contributed by atoms with van der Waals surface area (Å²) in [6.45, 7) is 2.09. The zero-order valence-electron chi connectivity index (χ0n) is 19.6. The molecule has 2 amide bonds. The van der Waals surface area contributed by atoms with Crippen LogP contribution in [0.5, 0.6) is 5.75 Å². The van der Waals surface area contributed by atoms with Gasteiger partial charge in [-0.2, -0.15) is 0 Å². The Morgan fingerprint density at radius 2 is 1.60 bits per heavy atom. The molecule has 1 aromatic heterocycles. The van der Waals surface area contributed by atoms with Gasteiger partial charge in [-0.3, -0.25) is 19.5 Å². The Kier molecular flexibility index (Phi) is 8.05. The van der Waals surface area contributed by atoms with Crippen LogP contribution in [0.2, 0.25) is 0 Å². The number of hydrogen-bond acceptors (Lipinski definition) is 5. The summed E-state index contributed by atoms with van der Waals surface area (Å²) in [5.41, 5.74) is 2.56. The smallest absolute Gasteiger partial charge is 0.228 e. The molecule has 2 N–H and O–H groups in total. The highest BCUT2D eigenvalue weighted by Crippen LogP contribution is 2.25. The summed E-state index contributed by atoms with van der Waals surface area (Å²) in [6, 6.07) is 17.1. The summed E-state index contributed by atoms with van der Waals surface area (Å²) in [5.74, 6) is -0.587. The first-order valence-corrected chi connectivity index (χ1v) is 11.6. The number of aromatic nitrogens is 1. The number of amides is 2. The maximum atomic E-state index is 13.2. The van der Waals surface area contributed by atoms with E-state index in [1.807, 2.05) is 36.4 Å². The molecule has 0 saturated carbocycles. The number of nitrogens with zero attached hydrogens (tertiary/aromatic N) is 2.